The topological polar surface area (TPSA) is 63.4 Å². The SMILES string of the molecule is Cc1nc2nc(-c3cccs3)nn2c(C)c1CC(=O)N1CCC(C)CC1. The Hall–Kier alpha value is -2.28. The predicted octanol–water partition coefficient (Wildman–Crippen LogP) is 3.27. The molecule has 3 aromatic rings. The van der Waals surface area contributed by atoms with E-state index < -0.39 is 0 Å². The molecular weight excluding hydrogens is 346 g/mol. The van der Waals surface area contributed by atoms with E-state index in [-0.39, 0.29) is 5.91 Å². The van der Waals surface area contributed by atoms with Gasteiger partial charge in [0.25, 0.3) is 5.78 Å². The van der Waals surface area contributed by atoms with E-state index in [9.17, 15) is 4.79 Å². The molecule has 0 radical (unpaired) electrons. The molecule has 0 aliphatic carbocycles. The van der Waals surface area contributed by atoms with Gasteiger partial charge in [-0.05, 0) is 44.1 Å². The van der Waals surface area contributed by atoms with Gasteiger partial charge >= 0.3 is 0 Å². The number of aromatic nitrogens is 4. The normalized spacial score (nSPS) is 15.7. The maximum atomic E-state index is 12.8. The number of thiophene rings is 1. The fraction of sp³-hybridized carbons (Fsp3) is 0.474. The molecule has 1 saturated heterocycles. The highest BCUT2D eigenvalue weighted by molar-refractivity contribution is 7.13. The summed E-state index contributed by atoms with van der Waals surface area (Å²) in [6.07, 6.45) is 2.56. The van der Waals surface area contributed by atoms with E-state index in [4.69, 9.17) is 0 Å². The Morgan fingerprint density at radius 2 is 2.04 bits per heavy atom. The number of amides is 1. The first-order valence-corrected chi connectivity index (χ1v) is 9.95. The van der Waals surface area contributed by atoms with Crippen LogP contribution in [0.2, 0.25) is 0 Å². The lowest BCUT2D eigenvalue weighted by Gasteiger charge is -2.30. The lowest BCUT2D eigenvalue weighted by molar-refractivity contribution is -0.131. The van der Waals surface area contributed by atoms with Gasteiger partial charge in [0.2, 0.25) is 5.91 Å². The van der Waals surface area contributed by atoms with E-state index in [1.807, 2.05) is 36.3 Å². The molecule has 6 nitrogen and oxygen atoms in total. The molecule has 26 heavy (non-hydrogen) atoms. The van der Waals surface area contributed by atoms with Gasteiger partial charge in [-0.2, -0.15) is 4.98 Å². The van der Waals surface area contributed by atoms with E-state index in [0.29, 0.717) is 23.9 Å². The van der Waals surface area contributed by atoms with Crippen LogP contribution in [0.4, 0.5) is 0 Å². The number of carbonyl (C=O) groups is 1. The smallest absolute Gasteiger partial charge is 0.253 e. The molecule has 3 aromatic heterocycles. The minimum Gasteiger partial charge on any atom is -0.342 e. The third kappa shape index (κ3) is 3.11. The fourth-order valence-corrected chi connectivity index (χ4v) is 4.15. The molecule has 136 valence electrons. The molecule has 0 saturated carbocycles. The fourth-order valence-electron chi connectivity index (χ4n) is 3.50. The number of nitrogens with zero attached hydrogens (tertiary/aromatic N) is 5. The van der Waals surface area contributed by atoms with Crippen LogP contribution in [-0.4, -0.2) is 43.5 Å². The van der Waals surface area contributed by atoms with E-state index in [0.717, 1.165) is 47.8 Å². The van der Waals surface area contributed by atoms with Gasteiger partial charge in [0.05, 0.1) is 11.3 Å². The summed E-state index contributed by atoms with van der Waals surface area (Å²) < 4.78 is 1.77. The van der Waals surface area contributed by atoms with Crippen molar-refractivity contribution in [1.82, 2.24) is 24.5 Å². The maximum absolute atomic E-state index is 12.8. The van der Waals surface area contributed by atoms with Crippen molar-refractivity contribution in [2.75, 3.05) is 13.1 Å². The highest BCUT2D eigenvalue weighted by atomic mass is 32.1. The Bertz CT molecular complexity index is 939. The van der Waals surface area contributed by atoms with E-state index in [1.165, 1.54) is 0 Å². The van der Waals surface area contributed by atoms with E-state index in [1.54, 1.807) is 15.9 Å². The predicted molar refractivity (Wildman–Crippen MR) is 102 cm³/mol. The number of fused-ring (bicyclic) bond motifs is 1. The number of hydrogen-bond acceptors (Lipinski definition) is 5. The molecule has 1 aliphatic heterocycles. The average molecular weight is 369 g/mol. The first-order valence-electron chi connectivity index (χ1n) is 9.07. The summed E-state index contributed by atoms with van der Waals surface area (Å²) in [6.45, 7) is 7.92. The lowest BCUT2D eigenvalue weighted by atomic mass is 9.98. The van der Waals surface area contributed by atoms with Crippen LogP contribution in [0.1, 0.15) is 36.7 Å². The van der Waals surface area contributed by atoms with Crippen molar-refractivity contribution < 1.29 is 4.79 Å². The van der Waals surface area contributed by atoms with Crippen LogP contribution in [0.3, 0.4) is 0 Å². The van der Waals surface area contributed by atoms with Gasteiger partial charge < -0.3 is 4.90 Å². The molecule has 1 amide bonds. The van der Waals surface area contributed by atoms with Crippen LogP contribution in [-0.2, 0) is 11.2 Å². The van der Waals surface area contributed by atoms with Crippen LogP contribution in [0.5, 0.6) is 0 Å². The van der Waals surface area contributed by atoms with Gasteiger partial charge in [-0.25, -0.2) is 9.50 Å². The summed E-state index contributed by atoms with van der Waals surface area (Å²) in [5.41, 5.74) is 2.77. The lowest BCUT2D eigenvalue weighted by Crippen LogP contribution is -2.39. The Morgan fingerprint density at radius 3 is 2.73 bits per heavy atom. The van der Waals surface area contributed by atoms with Gasteiger partial charge in [0, 0.05) is 30.0 Å². The van der Waals surface area contributed by atoms with Crippen LogP contribution in [0.15, 0.2) is 17.5 Å². The molecular formula is C19H23N5OS. The quantitative estimate of drug-likeness (QED) is 0.711. The van der Waals surface area contributed by atoms with Gasteiger partial charge in [0.1, 0.15) is 0 Å². The molecule has 0 bridgehead atoms. The minimum atomic E-state index is 0.183. The zero-order valence-electron chi connectivity index (χ0n) is 15.4. The zero-order chi connectivity index (χ0) is 18.3. The largest absolute Gasteiger partial charge is 0.342 e. The number of piperidine rings is 1. The molecule has 0 spiro atoms. The second kappa shape index (κ2) is 6.79. The first-order chi connectivity index (χ1) is 12.5. The third-order valence-corrected chi connectivity index (χ3v) is 6.12. The molecule has 4 heterocycles. The summed E-state index contributed by atoms with van der Waals surface area (Å²) >= 11 is 1.61. The minimum absolute atomic E-state index is 0.183. The summed E-state index contributed by atoms with van der Waals surface area (Å²) in [4.78, 5) is 24.9. The standard InChI is InChI=1S/C19H23N5OS/c1-12-6-8-23(9-7-12)17(25)11-15-13(2)20-19-21-18(16-5-4-10-26-16)22-24(19)14(15)3/h4-5,10,12H,6-9,11H2,1-3H3. The number of carbonyl (C=O) groups excluding carboxylic acids is 1. The Balaban J connectivity index is 1.63. The van der Waals surface area contributed by atoms with E-state index in [2.05, 4.69) is 22.0 Å². The molecule has 0 atom stereocenters. The molecule has 1 aliphatic rings. The van der Waals surface area contributed by atoms with Crippen molar-refractivity contribution in [3.63, 3.8) is 0 Å². The van der Waals surface area contributed by atoms with Crippen LogP contribution >= 0.6 is 11.3 Å². The Kier molecular flexibility index (Phi) is 4.48. The number of aryl methyl sites for hydroxylation is 2. The maximum Gasteiger partial charge on any atom is 0.253 e. The molecule has 0 N–H and O–H groups in total. The van der Waals surface area contributed by atoms with Crippen molar-refractivity contribution in [1.29, 1.82) is 0 Å². The molecule has 4 rings (SSSR count). The number of likely N-dealkylation sites (tertiary alicyclic amines) is 1. The van der Waals surface area contributed by atoms with Crippen molar-refractivity contribution in [2.45, 2.75) is 40.0 Å². The molecule has 0 aromatic carbocycles. The second-order valence-electron chi connectivity index (χ2n) is 7.13. The number of rotatable bonds is 3. The summed E-state index contributed by atoms with van der Waals surface area (Å²) in [7, 11) is 0. The first kappa shape index (κ1) is 17.1. The summed E-state index contributed by atoms with van der Waals surface area (Å²) in [6, 6.07) is 3.99. The average Bonchev–Trinajstić information content (AvgIpc) is 3.28. The van der Waals surface area contributed by atoms with Crippen molar-refractivity contribution in [3.8, 4) is 10.7 Å². The third-order valence-electron chi connectivity index (χ3n) is 5.25. The number of hydrogen-bond donors (Lipinski definition) is 0. The highest BCUT2D eigenvalue weighted by Crippen LogP contribution is 2.24. The van der Waals surface area contributed by atoms with Crippen LogP contribution in [0.25, 0.3) is 16.5 Å². The van der Waals surface area contributed by atoms with Gasteiger partial charge in [-0.1, -0.05) is 13.0 Å². The van der Waals surface area contributed by atoms with Gasteiger partial charge in [-0.3, -0.25) is 4.79 Å². The second-order valence-corrected chi connectivity index (χ2v) is 8.07. The summed E-state index contributed by atoms with van der Waals surface area (Å²) in [5.74, 6) is 2.17. The molecule has 1 fully saturated rings. The molecule has 7 heteroatoms. The van der Waals surface area contributed by atoms with E-state index >= 15 is 0 Å². The van der Waals surface area contributed by atoms with Gasteiger partial charge in [0.15, 0.2) is 5.82 Å². The summed E-state index contributed by atoms with van der Waals surface area (Å²) in [5, 5.41) is 6.62. The van der Waals surface area contributed by atoms with Crippen molar-refractivity contribution in [3.05, 3.63) is 34.5 Å². The Morgan fingerprint density at radius 1 is 1.27 bits per heavy atom. The zero-order valence-corrected chi connectivity index (χ0v) is 16.2. The van der Waals surface area contributed by atoms with Crippen LogP contribution in [0, 0.1) is 19.8 Å². The monoisotopic (exact) mass is 369 g/mol. The Labute approximate surface area is 156 Å². The van der Waals surface area contributed by atoms with Crippen LogP contribution < -0.4 is 0 Å². The highest BCUT2D eigenvalue weighted by Gasteiger charge is 2.23. The molecule has 0 unspecified atom stereocenters. The van der Waals surface area contributed by atoms with Crippen molar-refractivity contribution in [2.24, 2.45) is 5.92 Å². The van der Waals surface area contributed by atoms with Crippen molar-refractivity contribution >= 4 is 23.0 Å². The van der Waals surface area contributed by atoms with Gasteiger partial charge in [-0.15, -0.1) is 16.4 Å².